The molecule has 0 saturated heterocycles. The van der Waals surface area contributed by atoms with Crippen LogP contribution in [0.4, 0.5) is 16.2 Å². The second-order valence-electron chi connectivity index (χ2n) is 3.32. The van der Waals surface area contributed by atoms with Crippen LogP contribution in [0.1, 0.15) is 5.56 Å². The Morgan fingerprint density at radius 3 is 2.78 bits per heavy atom. The van der Waals surface area contributed by atoms with Crippen molar-refractivity contribution in [2.24, 2.45) is 5.73 Å². The predicted molar refractivity (Wildman–Crippen MR) is 63.9 cm³/mol. The molecule has 0 bridgehead atoms. The van der Waals surface area contributed by atoms with Gasteiger partial charge in [0.1, 0.15) is 5.69 Å². The van der Waals surface area contributed by atoms with Crippen LogP contribution >= 0.6 is 0 Å². The standard InChI is InChI=1S/C10H11N5O3/c11-6-7-1-2-8(9(5-7)15(17)18)13-3-4-14-10(12)16/h1-2,5,13H,3-4H2,(H3,12,14,16). The van der Waals surface area contributed by atoms with Gasteiger partial charge in [0.05, 0.1) is 16.6 Å². The molecule has 1 aromatic carbocycles. The van der Waals surface area contributed by atoms with E-state index in [0.717, 1.165) is 0 Å². The van der Waals surface area contributed by atoms with Crippen LogP contribution in [0.25, 0.3) is 0 Å². The van der Waals surface area contributed by atoms with Gasteiger partial charge >= 0.3 is 6.03 Å². The minimum atomic E-state index is -0.661. The maximum Gasteiger partial charge on any atom is 0.312 e. The summed E-state index contributed by atoms with van der Waals surface area (Å²) in [6, 6.07) is 5.26. The number of primary amides is 1. The summed E-state index contributed by atoms with van der Waals surface area (Å²) in [6.45, 7) is 0.530. The molecule has 0 fully saturated rings. The average Bonchev–Trinajstić information content (AvgIpc) is 2.34. The molecule has 0 aliphatic rings. The zero-order valence-corrected chi connectivity index (χ0v) is 9.34. The molecule has 2 amide bonds. The highest BCUT2D eigenvalue weighted by Gasteiger charge is 2.14. The fourth-order valence-corrected chi connectivity index (χ4v) is 1.28. The highest BCUT2D eigenvalue weighted by molar-refractivity contribution is 5.71. The summed E-state index contributed by atoms with van der Waals surface area (Å²) in [5.74, 6) is 0. The lowest BCUT2D eigenvalue weighted by Crippen LogP contribution is -2.33. The van der Waals surface area contributed by atoms with Crippen molar-refractivity contribution in [2.45, 2.75) is 0 Å². The van der Waals surface area contributed by atoms with E-state index in [4.69, 9.17) is 11.0 Å². The molecule has 0 unspecified atom stereocenters. The molecule has 4 N–H and O–H groups in total. The Labute approximate surface area is 103 Å². The van der Waals surface area contributed by atoms with Crippen molar-refractivity contribution in [1.29, 1.82) is 5.26 Å². The van der Waals surface area contributed by atoms with E-state index in [-0.39, 0.29) is 30.0 Å². The Morgan fingerprint density at radius 2 is 2.22 bits per heavy atom. The largest absolute Gasteiger partial charge is 0.378 e. The molecule has 8 heteroatoms. The number of nitro groups is 1. The number of hydrogen-bond donors (Lipinski definition) is 3. The minimum absolute atomic E-state index is 0.187. The Balaban J connectivity index is 2.73. The smallest absolute Gasteiger partial charge is 0.312 e. The fourth-order valence-electron chi connectivity index (χ4n) is 1.28. The van der Waals surface area contributed by atoms with Crippen molar-refractivity contribution < 1.29 is 9.72 Å². The number of carbonyl (C=O) groups is 1. The molecule has 0 aromatic heterocycles. The Hall–Kier alpha value is -2.82. The van der Waals surface area contributed by atoms with E-state index >= 15 is 0 Å². The first-order valence-corrected chi connectivity index (χ1v) is 5.00. The van der Waals surface area contributed by atoms with Crippen molar-refractivity contribution in [3.8, 4) is 6.07 Å². The second-order valence-corrected chi connectivity index (χ2v) is 3.32. The Kier molecular flexibility index (Phi) is 4.45. The van der Waals surface area contributed by atoms with Crippen molar-refractivity contribution in [2.75, 3.05) is 18.4 Å². The number of carbonyl (C=O) groups excluding carboxylic acids is 1. The van der Waals surface area contributed by atoms with Crippen LogP contribution in [-0.2, 0) is 0 Å². The Morgan fingerprint density at radius 1 is 1.50 bits per heavy atom. The molecule has 1 aromatic rings. The van der Waals surface area contributed by atoms with E-state index in [2.05, 4.69) is 10.6 Å². The SMILES string of the molecule is N#Cc1ccc(NCCNC(N)=O)c([N+](=O)[O-])c1. The Bertz CT molecular complexity index is 509. The first-order valence-electron chi connectivity index (χ1n) is 5.00. The molecule has 0 atom stereocenters. The average molecular weight is 249 g/mol. The lowest BCUT2D eigenvalue weighted by molar-refractivity contribution is -0.384. The van der Waals surface area contributed by atoms with E-state index < -0.39 is 11.0 Å². The quantitative estimate of drug-likeness (QED) is 0.398. The number of nitrogens with zero attached hydrogens (tertiary/aromatic N) is 2. The van der Waals surface area contributed by atoms with Crippen LogP contribution in [0.5, 0.6) is 0 Å². The maximum absolute atomic E-state index is 10.8. The number of benzene rings is 1. The van der Waals surface area contributed by atoms with Crippen molar-refractivity contribution in [3.63, 3.8) is 0 Å². The van der Waals surface area contributed by atoms with Gasteiger partial charge in [-0.3, -0.25) is 10.1 Å². The molecule has 0 aliphatic carbocycles. The van der Waals surface area contributed by atoms with Gasteiger partial charge in [0.25, 0.3) is 5.69 Å². The summed E-state index contributed by atoms with van der Waals surface area (Å²) in [4.78, 5) is 20.6. The summed E-state index contributed by atoms with van der Waals surface area (Å²) in [5.41, 5.74) is 5.17. The first-order chi connectivity index (χ1) is 8.54. The third-order valence-electron chi connectivity index (χ3n) is 2.06. The summed E-state index contributed by atoms with van der Waals surface area (Å²) in [5, 5.41) is 24.6. The number of nitriles is 1. The van der Waals surface area contributed by atoms with Crippen LogP contribution in [0.15, 0.2) is 18.2 Å². The molecule has 0 heterocycles. The number of rotatable bonds is 5. The van der Waals surface area contributed by atoms with Gasteiger partial charge in [-0.25, -0.2) is 4.79 Å². The van der Waals surface area contributed by atoms with E-state index in [1.165, 1.54) is 18.2 Å². The zero-order chi connectivity index (χ0) is 13.5. The molecule has 8 nitrogen and oxygen atoms in total. The van der Waals surface area contributed by atoms with Crippen LogP contribution in [0, 0.1) is 21.4 Å². The van der Waals surface area contributed by atoms with E-state index in [0.29, 0.717) is 0 Å². The molecule has 18 heavy (non-hydrogen) atoms. The summed E-state index contributed by atoms with van der Waals surface area (Å²) in [7, 11) is 0. The molecule has 0 saturated carbocycles. The van der Waals surface area contributed by atoms with Crippen LogP contribution in [-0.4, -0.2) is 24.0 Å². The highest BCUT2D eigenvalue weighted by atomic mass is 16.6. The van der Waals surface area contributed by atoms with E-state index in [1.54, 1.807) is 0 Å². The van der Waals surface area contributed by atoms with Gasteiger partial charge in [-0.15, -0.1) is 0 Å². The lowest BCUT2D eigenvalue weighted by Gasteiger charge is -2.07. The number of hydrogen-bond acceptors (Lipinski definition) is 5. The third kappa shape index (κ3) is 3.64. The number of amides is 2. The van der Waals surface area contributed by atoms with Gasteiger partial charge < -0.3 is 16.4 Å². The fraction of sp³-hybridized carbons (Fsp3) is 0.200. The van der Waals surface area contributed by atoms with Gasteiger partial charge in [-0.1, -0.05) is 0 Å². The summed E-state index contributed by atoms with van der Waals surface area (Å²) < 4.78 is 0. The van der Waals surface area contributed by atoms with Crippen molar-refractivity contribution >= 4 is 17.4 Å². The molecular formula is C10H11N5O3. The monoisotopic (exact) mass is 249 g/mol. The molecule has 0 spiro atoms. The number of urea groups is 1. The molecule has 1 rings (SSSR count). The minimum Gasteiger partial charge on any atom is -0.378 e. The van der Waals surface area contributed by atoms with Gasteiger partial charge in [0.2, 0.25) is 0 Å². The van der Waals surface area contributed by atoms with Gasteiger partial charge in [-0.05, 0) is 12.1 Å². The van der Waals surface area contributed by atoms with Crippen molar-refractivity contribution in [1.82, 2.24) is 5.32 Å². The zero-order valence-electron chi connectivity index (χ0n) is 9.34. The molecule has 0 aliphatic heterocycles. The first kappa shape index (κ1) is 13.2. The molecule has 0 radical (unpaired) electrons. The normalized spacial score (nSPS) is 9.28. The van der Waals surface area contributed by atoms with Gasteiger partial charge in [0, 0.05) is 19.2 Å². The van der Waals surface area contributed by atoms with E-state index in [1.807, 2.05) is 6.07 Å². The maximum atomic E-state index is 10.8. The topological polar surface area (TPSA) is 134 Å². The van der Waals surface area contributed by atoms with E-state index in [9.17, 15) is 14.9 Å². The predicted octanol–water partition coefficient (Wildman–Crippen LogP) is 0.547. The second kappa shape index (κ2) is 6.05. The molecular weight excluding hydrogens is 238 g/mol. The van der Waals surface area contributed by atoms with Crippen LogP contribution in [0.2, 0.25) is 0 Å². The van der Waals surface area contributed by atoms with Gasteiger partial charge in [-0.2, -0.15) is 5.26 Å². The third-order valence-corrected chi connectivity index (χ3v) is 2.06. The summed E-state index contributed by atoms with van der Waals surface area (Å²) >= 11 is 0. The highest BCUT2D eigenvalue weighted by Crippen LogP contribution is 2.24. The van der Waals surface area contributed by atoms with Gasteiger partial charge in [0.15, 0.2) is 0 Å². The van der Waals surface area contributed by atoms with Crippen molar-refractivity contribution in [3.05, 3.63) is 33.9 Å². The number of nitrogens with one attached hydrogen (secondary N) is 2. The number of nitro benzene ring substituents is 1. The van der Waals surface area contributed by atoms with Crippen LogP contribution in [0.3, 0.4) is 0 Å². The summed E-state index contributed by atoms with van der Waals surface area (Å²) in [6.07, 6.45) is 0. The number of nitrogens with two attached hydrogens (primary N) is 1. The molecule has 94 valence electrons. The lowest BCUT2D eigenvalue weighted by atomic mass is 10.2. The number of anilines is 1. The van der Waals surface area contributed by atoms with Crippen LogP contribution < -0.4 is 16.4 Å².